The average molecular weight is 498 g/mol. The number of esters is 1. The van der Waals surface area contributed by atoms with E-state index in [9.17, 15) is 14.4 Å². The lowest BCUT2D eigenvalue weighted by molar-refractivity contribution is 0.0529. The van der Waals surface area contributed by atoms with Crippen LogP contribution in [0.5, 0.6) is 5.75 Å². The van der Waals surface area contributed by atoms with Crippen LogP contribution in [0.1, 0.15) is 39.4 Å². The normalized spacial score (nSPS) is 10.9. The number of thiophene rings is 2. The van der Waals surface area contributed by atoms with Crippen LogP contribution in [-0.4, -0.2) is 35.1 Å². The third-order valence-corrected chi connectivity index (χ3v) is 7.46. The van der Waals surface area contributed by atoms with Crippen LogP contribution in [0.4, 0.5) is 5.00 Å². The number of hydrogen-bond donors (Lipinski definition) is 1. The van der Waals surface area contributed by atoms with Crippen molar-refractivity contribution in [3.8, 4) is 16.9 Å². The number of rotatable bonds is 7. The second-order valence-electron chi connectivity index (χ2n) is 7.33. The number of fused-ring (bicyclic) bond motifs is 1. The molecule has 4 aromatic rings. The van der Waals surface area contributed by atoms with Crippen molar-refractivity contribution in [1.29, 1.82) is 0 Å². The molecule has 1 N–H and O–H groups in total. The summed E-state index contributed by atoms with van der Waals surface area (Å²) in [6.07, 6.45) is 1.49. The van der Waals surface area contributed by atoms with Crippen molar-refractivity contribution in [2.45, 2.75) is 27.3 Å². The van der Waals surface area contributed by atoms with Gasteiger partial charge in [-0.25, -0.2) is 9.78 Å². The van der Waals surface area contributed by atoms with Crippen LogP contribution >= 0.6 is 22.7 Å². The molecule has 1 aromatic carbocycles. The molecule has 0 saturated carbocycles. The zero-order valence-electron chi connectivity index (χ0n) is 19.1. The van der Waals surface area contributed by atoms with Crippen LogP contribution in [0, 0.1) is 6.92 Å². The summed E-state index contributed by atoms with van der Waals surface area (Å²) in [4.78, 5) is 44.0. The first-order chi connectivity index (χ1) is 16.4. The van der Waals surface area contributed by atoms with Crippen LogP contribution < -0.4 is 15.6 Å². The van der Waals surface area contributed by atoms with Gasteiger partial charge in [0.05, 0.1) is 30.3 Å². The molecule has 8 nitrogen and oxygen atoms in total. The van der Waals surface area contributed by atoms with Crippen LogP contribution in [0.3, 0.4) is 0 Å². The number of carbonyl (C=O) groups is 2. The van der Waals surface area contributed by atoms with Gasteiger partial charge in [-0.15, -0.1) is 22.7 Å². The Kier molecular flexibility index (Phi) is 6.80. The molecular formula is C24H23N3O5S2. The van der Waals surface area contributed by atoms with E-state index in [0.717, 1.165) is 16.9 Å². The van der Waals surface area contributed by atoms with Crippen molar-refractivity contribution in [2.75, 3.05) is 19.0 Å². The fourth-order valence-electron chi connectivity index (χ4n) is 3.60. The Labute approximate surface area is 203 Å². The van der Waals surface area contributed by atoms with E-state index in [1.54, 1.807) is 33.1 Å². The second kappa shape index (κ2) is 9.78. The highest BCUT2D eigenvalue weighted by atomic mass is 32.1. The molecule has 4 rings (SSSR count). The lowest BCUT2D eigenvalue weighted by Crippen LogP contribution is -2.19. The van der Waals surface area contributed by atoms with Gasteiger partial charge in [0.1, 0.15) is 21.1 Å². The smallest absolute Gasteiger partial charge is 0.341 e. The van der Waals surface area contributed by atoms with Gasteiger partial charge in [-0.3, -0.25) is 14.2 Å². The largest absolute Gasteiger partial charge is 0.497 e. The maximum Gasteiger partial charge on any atom is 0.341 e. The highest BCUT2D eigenvalue weighted by Crippen LogP contribution is 2.38. The maximum atomic E-state index is 13.2. The lowest BCUT2D eigenvalue weighted by Gasteiger charge is -2.09. The van der Waals surface area contributed by atoms with Crippen LogP contribution in [0.15, 0.2) is 40.8 Å². The molecule has 1 amide bonds. The number of nitrogens with one attached hydrogen (secondary N) is 1. The quantitative estimate of drug-likeness (QED) is 0.363. The molecular weight excluding hydrogens is 474 g/mol. The van der Waals surface area contributed by atoms with Gasteiger partial charge in [0.2, 0.25) is 0 Å². The van der Waals surface area contributed by atoms with Crippen molar-refractivity contribution < 1.29 is 19.1 Å². The summed E-state index contributed by atoms with van der Waals surface area (Å²) in [5.41, 5.74) is 2.13. The van der Waals surface area contributed by atoms with Crippen molar-refractivity contribution >= 4 is 49.8 Å². The molecule has 0 bridgehead atoms. The van der Waals surface area contributed by atoms with Crippen LogP contribution in [0.25, 0.3) is 21.3 Å². The molecule has 34 heavy (non-hydrogen) atoms. The number of anilines is 1. The molecule has 0 fully saturated rings. The standard InChI is InChI=1S/C24H23N3O5S2/c1-5-27-12-25-21-17(23(27)29)13(3)19(34-21)20(28)26-22-18(24(30)32-6-2)16(11-33-22)14-7-9-15(31-4)10-8-14/h7-12H,5-6H2,1-4H3,(H,26,28). The number of benzene rings is 1. The molecule has 176 valence electrons. The van der Waals surface area contributed by atoms with Gasteiger partial charge in [0.25, 0.3) is 11.5 Å². The monoisotopic (exact) mass is 497 g/mol. The van der Waals surface area contributed by atoms with Gasteiger partial charge in [0.15, 0.2) is 0 Å². The fourth-order valence-corrected chi connectivity index (χ4v) is 5.59. The second-order valence-corrected chi connectivity index (χ2v) is 9.21. The summed E-state index contributed by atoms with van der Waals surface area (Å²) in [5, 5.41) is 5.48. The molecule has 0 unspecified atom stereocenters. The number of nitrogens with zero attached hydrogens (tertiary/aromatic N) is 2. The Morgan fingerprint density at radius 2 is 1.91 bits per heavy atom. The number of aryl methyl sites for hydroxylation is 2. The summed E-state index contributed by atoms with van der Waals surface area (Å²) in [5.74, 6) is -0.233. The van der Waals surface area contributed by atoms with E-state index in [4.69, 9.17) is 9.47 Å². The molecule has 3 heterocycles. The Bertz CT molecular complexity index is 1430. The Morgan fingerprint density at radius 3 is 2.56 bits per heavy atom. The minimum absolute atomic E-state index is 0.176. The highest BCUT2D eigenvalue weighted by molar-refractivity contribution is 7.21. The Morgan fingerprint density at radius 1 is 1.18 bits per heavy atom. The predicted octanol–water partition coefficient (Wildman–Crippen LogP) is 4.95. The number of hydrogen-bond acceptors (Lipinski definition) is 8. The summed E-state index contributed by atoms with van der Waals surface area (Å²) < 4.78 is 12.0. The molecule has 0 aliphatic rings. The molecule has 0 radical (unpaired) electrons. The van der Waals surface area contributed by atoms with Gasteiger partial charge < -0.3 is 14.8 Å². The molecule has 3 aromatic heterocycles. The van der Waals surface area contributed by atoms with Crippen LogP contribution in [0.2, 0.25) is 0 Å². The van der Waals surface area contributed by atoms with Crippen molar-refractivity contribution in [1.82, 2.24) is 9.55 Å². The minimum Gasteiger partial charge on any atom is -0.497 e. The van der Waals surface area contributed by atoms with Gasteiger partial charge in [-0.2, -0.15) is 0 Å². The van der Waals surface area contributed by atoms with Gasteiger partial charge >= 0.3 is 5.97 Å². The topological polar surface area (TPSA) is 99.5 Å². The van der Waals surface area contributed by atoms with E-state index in [-0.39, 0.29) is 17.7 Å². The van der Waals surface area contributed by atoms with E-state index in [0.29, 0.717) is 43.5 Å². The van der Waals surface area contributed by atoms with Gasteiger partial charge in [-0.05, 0) is 44.0 Å². The molecule has 0 saturated heterocycles. The van der Waals surface area contributed by atoms with E-state index >= 15 is 0 Å². The summed E-state index contributed by atoms with van der Waals surface area (Å²) in [6, 6.07) is 7.29. The third-order valence-electron chi connectivity index (χ3n) is 5.36. The van der Waals surface area contributed by atoms with Crippen molar-refractivity contribution in [3.63, 3.8) is 0 Å². The highest BCUT2D eigenvalue weighted by Gasteiger charge is 2.25. The van der Waals surface area contributed by atoms with Crippen molar-refractivity contribution in [3.05, 3.63) is 62.3 Å². The van der Waals surface area contributed by atoms with E-state index in [1.807, 2.05) is 24.4 Å². The zero-order chi connectivity index (χ0) is 24.4. The van der Waals surface area contributed by atoms with Gasteiger partial charge in [-0.1, -0.05) is 12.1 Å². The number of aromatic nitrogens is 2. The maximum absolute atomic E-state index is 13.2. The summed E-state index contributed by atoms with van der Waals surface area (Å²) in [7, 11) is 1.58. The van der Waals surface area contributed by atoms with Gasteiger partial charge in [0, 0.05) is 17.5 Å². The lowest BCUT2D eigenvalue weighted by atomic mass is 10.0. The van der Waals surface area contributed by atoms with E-state index in [1.165, 1.54) is 22.2 Å². The fraction of sp³-hybridized carbons (Fsp3) is 0.250. The third kappa shape index (κ3) is 4.22. The number of ether oxygens (including phenoxy) is 2. The Hall–Kier alpha value is -3.50. The minimum atomic E-state index is -0.523. The summed E-state index contributed by atoms with van der Waals surface area (Å²) >= 11 is 2.39. The average Bonchev–Trinajstić information content (AvgIpc) is 3.41. The molecule has 0 atom stereocenters. The Balaban J connectivity index is 1.73. The summed E-state index contributed by atoms with van der Waals surface area (Å²) in [6.45, 7) is 6.02. The zero-order valence-corrected chi connectivity index (χ0v) is 20.8. The SMILES string of the molecule is CCOC(=O)c1c(-c2ccc(OC)cc2)csc1NC(=O)c1sc2ncn(CC)c(=O)c2c1C. The first kappa shape index (κ1) is 23.7. The van der Waals surface area contributed by atoms with E-state index < -0.39 is 11.9 Å². The molecule has 0 aliphatic carbocycles. The molecule has 10 heteroatoms. The number of amides is 1. The number of carbonyl (C=O) groups excluding carboxylic acids is 2. The number of methoxy groups -OCH3 is 1. The first-order valence-electron chi connectivity index (χ1n) is 10.6. The first-order valence-corrected chi connectivity index (χ1v) is 12.3. The predicted molar refractivity (Wildman–Crippen MR) is 135 cm³/mol. The molecule has 0 spiro atoms. The molecule has 0 aliphatic heterocycles. The van der Waals surface area contributed by atoms with E-state index in [2.05, 4.69) is 10.3 Å². The van der Waals surface area contributed by atoms with Crippen molar-refractivity contribution in [2.24, 2.45) is 0 Å². The van der Waals surface area contributed by atoms with Crippen LogP contribution in [-0.2, 0) is 11.3 Å².